The Bertz CT molecular complexity index is 690. The third-order valence-electron chi connectivity index (χ3n) is 4.09. The van der Waals surface area contributed by atoms with Crippen LogP contribution in [0.3, 0.4) is 0 Å². The average Bonchev–Trinajstić information content (AvgIpc) is 2.92. The fourth-order valence-electron chi connectivity index (χ4n) is 2.93. The largest absolute Gasteiger partial charge is 0.449 e. The summed E-state index contributed by atoms with van der Waals surface area (Å²) in [7, 11) is 0. The zero-order chi connectivity index (χ0) is 17.1. The second kappa shape index (κ2) is 6.97. The minimum atomic E-state index is -2.90. The lowest BCUT2D eigenvalue weighted by Crippen LogP contribution is -2.36. The summed E-state index contributed by atoms with van der Waals surface area (Å²) in [5.74, 6) is -0.0943. The Morgan fingerprint density at radius 1 is 1.08 bits per heavy atom. The highest BCUT2D eigenvalue weighted by Crippen LogP contribution is 2.44. The first-order valence-electron chi connectivity index (χ1n) is 7.63. The van der Waals surface area contributed by atoms with E-state index in [2.05, 4.69) is 5.32 Å². The summed E-state index contributed by atoms with van der Waals surface area (Å²) in [6.07, 6.45) is -5.62. The van der Waals surface area contributed by atoms with Gasteiger partial charge < -0.3 is 15.2 Å². The van der Waals surface area contributed by atoms with Gasteiger partial charge in [0.15, 0.2) is 0 Å². The molecule has 0 heterocycles. The quantitative estimate of drug-likeness (QED) is 0.884. The molecule has 0 spiro atoms. The van der Waals surface area contributed by atoms with Gasteiger partial charge in [0, 0.05) is 5.92 Å². The molecule has 0 aromatic heterocycles. The van der Waals surface area contributed by atoms with Crippen LogP contribution < -0.4 is 5.32 Å². The van der Waals surface area contributed by atoms with Gasteiger partial charge in [-0.05, 0) is 22.3 Å². The van der Waals surface area contributed by atoms with Crippen LogP contribution in [-0.4, -0.2) is 36.9 Å². The minimum absolute atomic E-state index is 0.0943. The number of ether oxygens (including phenoxy) is 1. The average molecular weight is 333 g/mol. The smallest absolute Gasteiger partial charge is 0.407 e. The lowest BCUT2D eigenvalue weighted by Gasteiger charge is -2.15. The lowest BCUT2D eigenvalue weighted by molar-refractivity contribution is -0.00330. The summed E-state index contributed by atoms with van der Waals surface area (Å²) in [4.78, 5) is 11.7. The molecule has 2 aromatic carbocycles. The van der Waals surface area contributed by atoms with Gasteiger partial charge in [0.05, 0.1) is 6.54 Å². The number of benzene rings is 2. The predicted molar refractivity (Wildman–Crippen MR) is 85.1 cm³/mol. The highest BCUT2D eigenvalue weighted by atomic mass is 19.3. The third-order valence-corrected chi connectivity index (χ3v) is 4.09. The Balaban J connectivity index is 1.66. The fourth-order valence-corrected chi connectivity index (χ4v) is 2.93. The van der Waals surface area contributed by atoms with Crippen LogP contribution in [0, 0.1) is 0 Å². The number of aliphatic hydroxyl groups is 1. The van der Waals surface area contributed by atoms with Crippen LogP contribution in [0.25, 0.3) is 11.1 Å². The standard InChI is InChI=1S/C18H17F2NO3/c19-17(20)16(22)9-21-18(23)24-10-15-13-7-3-1-5-11(13)12-6-2-4-8-14(12)15/h1-8,15-17,22H,9-10H2,(H,21,23). The first kappa shape index (κ1) is 16.4. The van der Waals surface area contributed by atoms with Gasteiger partial charge in [-0.2, -0.15) is 0 Å². The van der Waals surface area contributed by atoms with Crippen molar-refractivity contribution in [3.05, 3.63) is 59.7 Å². The molecule has 0 saturated heterocycles. The highest BCUT2D eigenvalue weighted by Gasteiger charge is 2.29. The van der Waals surface area contributed by atoms with Crippen molar-refractivity contribution in [2.45, 2.75) is 18.4 Å². The predicted octanol–water partition coefficient (Wildman–Crippen LogP) is 3.15. The number of fused-ring (bicyclic) bond motifs is 3. The van der Waals surface area contributed by atoms with Crippen molar-refractivity contribution in [3.8, 4) is 11.1 Å². The van der Waals surface area contributed by atoms with E-state index >= 15 is 0 Å². The monoisotopic (exact) mass is 333 g/mol. The van der Waals surface area contributed by atoms with E-state index < -0.39 is 25.2 Å². The molecule has 0 bridgehead atoms. The van der Waals surface area contributed by atoms with Crippen LogP contribution in [0.1, 0.15) is 17.0 Å². The Labute approximate surface area is 138 Å². The lowest BCUT2D eigenvalue weighted by atomic mass is 9.98. The first-order valence-corrected chi connectivity index (χ1v) is 7.63. The van der Waals surface area contributed by atoms with Crippen LogP contribution in [0.15, 0.2) is 48.5 Å². The number of amides is 1. The minimum Gasteiger partial charge on any atom is -0.449 e. The molecule has 2 N–H and O–H groups in total. The third kappa shape index (κ3) is 3.23. The maximum atomic E-state index is 12.2. The molecule has 6 heteroatoms. The van der Waals surface area contributed by atoms with Crippen molar-refractivity contribution < 1.29 is 23.4 Å². The summed E-state index contributed by atoms with van der Waals surface area (Å²) >= 11 is 0. The van der Waals surface area contributed by atoms with Gasteiger partial charge in [-0.15, -0.1) is 0 Å². The number of hydrogen-bond acceptors (Lipinski definition) is 3. The first-order chi connectivity index (χ1) is 11.6. The Hall–Kier alpha value is -2.47. The van der Waals surface area contributed by atoms with Crippen molar-refractivity contribution in [2.24, 2.45) is 0 Å². The number of carbonyl (C=O) groups is 1. The SMILES string of the molecule is O=C(NCC(O)C(F)F)OCC1c2ccccc2-c2ccccc21. The van der Waals surface area contributed by atoms with Gasteiger partial charge in [0.2, 0.25) is 0 Å². The van der Waals surface area contributed by atoms with E-state index in [0.717, 1.165) is 22.3 Å². The molecule has 2 aromatic rings. The molecule has 1 atom stereocenters. The molecule has 126 valence electrons. The van der Waals surface area contributed by atoms with Crippen molar-refractivity contribution in [1.82, 2.24) is 5.32 Å². The fraction of sp³-hybridized carbons (Fsp3) is 0.278. The van der Waals surface area contributed by atoms with Crippen LogP contribution in [0.4, 0.5) is 13.6 Å². The second-order valence-electron chi connectivity index (χ2n) is 5.61. The summed E-state index contributed by atoms with van der Waals surface area (Å²) in [6, 6.07) is 15.8. The van der Waals surface area contributed by atoms with Crippen LogP contribution >= 0.6 is 0 Å². The van der Waals surface area contributed by atoms with E-state index in [0.29, 0.717) is 0 Å². The van der Waals surface area contributed by atoms with Gasteiger partial charge >= 0.3 is 6.09 Å². The Morgan fingerprint density at radius 2 is 1.62 bits per heavy atom. The second-order valence-corrected chi connectivity index (χ2v) is 5.61. The Morgan fingerprint density at radius 3 is 2.17 bits per heavy atom. The normalized spacial score (nSPS) is 14.2. The molecule has 0 fully saturated rings. The molecule has 1 aliphatic carbocycles. The number of alkyl carbamates (subject to hydrolysis) is 1. The van der Waals surface area contributed by atoms with Crippen molar-refractivity contribution in [1.29, 1.82) is 0 Å². The van der Waals surface area contributed by atoms with Gasteiger partial charge in [-0.25, -0.2) is 13.6 Å². The molecule has 1 aliphatic rings. The number of alkyl halides is 2. The number of aliphatic hydroxyl groups excluding tert-OH is 1. The molecule has 0 aliphatic heterocycles. The zero-order valence-electron chi connectivity index (χ0n) is 12.8. The van der Waals surface area contributed by atoms with E-state index in [1.54, 1.807) is 0 Å². The number of nitrogens with one attached hydrogen (secondary N) is 1. The Kier molecular flexibility index (Phi) is 4.76. The van der Waals surface area contributed by atoms with Crippen molar-refractivity contribution >= 4 is 6.09 Å². The zero-order valence-corrected chi connectivity index (χ0v) is 12.8. The summed E-state index contributed by atoms with van der Waals surface area (Å²) in [6.45, 7) is -0.445. The topological polar surface area (TPSA) is 58.6 Å². The molecule has 0 radical (unpaired) electrons. The molecular weight excluding hydrogens is 316 g/mol. The van der Waals surface area contributed by atoms with Crippen molar-refractivity contribution in [3.63, 3.8) is 0 Å². The van der Waals surface area contributed by atoms with E-state index in [4.69, 9.17) is 9.84 Å². The summed E-state index contributed by atoms with van der Waals surface area (Å²) in [5, 5.41) is 11.1. The van der Waals surface area contributed by atoms with E-state index in [-0.39, 0.29) is 12.5 Å². The van der Waals surface area contributed by atoms with Gasteiger partial charge in [-0.3, -0.25) is 0 Å². The van der Waals surface area contributed by atoms with E-state index in [1.807, 2.05) is 48.5 Å². The summed E-state index contributed by atoms with van der Waals surface area (Å²) < 4.78 is 29.6. The van der Waals surface area contributed by atoms with Gasteiger partial charge in [0.1, 0.15) is 12.7 Å². The summed E-state index contributed by atoms with van der Waals surface area (Å²) in [5.41, 5.74) is 4.35. The maximum absolute atomic E-state index is 12.2. The molecule has 24 heavy (non-hydrogen) atoms. The molecule has 3 rings (SSSR count). The number of rotatable bonds is 5. The van der Waals surface area contributed by atoms with Gasteiger partial charge in [-0.1, -0.05) is 48.5 Å². The molecule has 1 amide bonds. The number of halogens is 2. The van der Waals surface area contributed by atoms with Crippen molar-refractivity contribution in [2.75, 3.05) is 13.2 Å². The van der Waals surface area contributed by atoms with E-state index in [1.165, 1.54) is 0 Å². The maximum Gasteiger partial charge on any atom is 0.407 e. The highest BCUT2D eigenvalue weighted by molar-refractivity contribution is 5.79. The molecule has 4 nitrogen and oxygen atoms in total. The van der Waals surface area contributed by atoms with Crippen LogP contribution in [-0.2, 0) is 4.74 Å². The molecule has 1 unspecified atom stereocenters. The number of hydrogen-bond donors (Lipinski definition) is 2. The van der Waals surface area contributed by atoms with Crippen LogP contribution in [0.5, 0.6) is 0 Å². The number of carbonyl (C=O) groups excluding carboxylic acids is 1. The molecule has 0 saturated carbocycles. The molecular formula is C18H17F2NO3. The van der Waals surface area contributed by atoms with Gasteiger partial charge in [0.25, 0.3) is 6.43 Å². The van der Waals surface area contributed by atoms with Crippen LogP contribution in [0.2, 0.25) is 0 Å². The van der Waals surface area contributed by atoms with E-state index in [9.17, 15) is 13.6 Å².